The zero-order chi connectivity index (χ0) is 48.5. The molecule has 0 bridgehead atoms. The number of rotatable bonds is 28. The number of aryl methyl sites for hydroxylation is 2. The molecule has 5 aromatic rings. The SMILES string of the molecule is O=C1CCC(N2C(=O)c3cccc(NCCOCCOCCOCCOCCOCCOCCC(=O)N4CCN(c5ccc(-c6cnc(CCc7ccco7)n7cnnc67)cc5)CC4)c3C2=O)C(=O)N1. The molecule has 3 aliphatic rings. The number of imide groups is 2. The molecule has 0 aliphatic carbocycles. The van der Waals surface area contributed by atoms with E-state index in [2.05, 4.69) is 50.0 Å². The van der Waals surface area contributed by atoms with Crippen molar-refractivity contribution >= 4 is 46.6 Å². The first-order valence-electron chi connectivity index (χ1n) is 23.7. The monoisotopic (exact) mass is 965 g/mol. The van der Waals surface area contributed by atoms with E-state index >= 15 is 0 Å². The summed E-state index contributed by atoms with van der Waals surface area (Å²) in [5.41, 5.74) is 4.67. The van der Waals surface area contributed by atoms with Crippen molar-refractivity contribution in [1.29, 1.82) is 0 Å². The van der Waals surface area contributed by atoms with Crippen LogP contribution in [0.4, 0.5) is 11.4 Å². The average Bonchev–Trinajstić information content (AvgIpc) is 4.15. The number of fused-ring (bicyclic) bond motifs is 2. The Balaban J connectivity index is 0.584. The number of nitrogens with one attached hydrogen (secondary N) is 2. The number of furan rings is 1. The van der Waals surface area contributed by atoms with Crippen molar-refractivity contribution in [1.82, 2.24) is 34.7 Å². The first kappa shape index (κ1) is 49.8. The minimum absolute atomic E-state index is 0.0596. The fourth-order valence-electron chi connectivity index (χ4n) is 8.45. The summed E-state index contributed by atoms with van der Waals surface area (Å²) in [6.45, 7) is 7.89. The van der Waals surface area contributed by atoms with Crippen molar-refractivity contribution in [3.05, 3.63) is 96.1 Å². The molecule has 1 atom stereocenters. The molecule has 0 saturated carbocycles. The number of anilines is 2. The van der Waals surface area contributed by atoms with Crippen molar-refractivity contribution in [2.24, 2.45) is 0 Å². The summed E-state index contributed by atoms with van der Waals surface area (Å²) >= 11 is 0. The maximum absolute atomic E-state index is 13.2. The molecule has 21 nitrogen and oxygen atoms in total. The summed E-state index contributed by atoms with van der Waals surface area (Å²) in [5, 5.41) is 13.9. The largest absolute Gasteiger partial charge is 0.469 e. The molecule has 0 spiro atoms. The first-order valence-corrected chi connectivity index (χ1v) is 23.7. The minimum atomic E-state index is -1.02. The zero-order valence-electron chi connectivity index (χ0n) is 39.1. The highest BCUT2D eigenvalue weighted by molar-refractivity contribution is 6.25. The molecule has 6 heterocycles. The van der Waals surface area contributed by atoms with Crippen molar-refractivity contribution < 1.29 is 56.8 Å². The van der Waals surface area contributed by atoms with Crippen LogP contribution in [0.3, 0.4) is 0 Å². The number of carbonyl (C=O) groups excluding carboxylic acids is 5. The average molecular weight is 966 g/mol. The molecule has 372 valence electrons. The number of piperidine rings is 1. The molecule has 2 aromatic carbocycles. The Bertz CT molecular complexity index is 2530. The van der Waals surface area contributed by atoms with Gasteiger partial charge in [-0.2, -0.15) is 0 Å². The molecule has 1 unspecified atom stereocenters. The maximum atomic E-state index is 13.2. The third kappa shape index (κ3) is 13.0. The number of ether oxygens (including phenoxy) is 6. The number of piperazine rings is 1. The van der Waals surface area contributed by atoms with Crippen LogP contribution in [-0.2, 0) is 55.6 Å². The van der Waals surface area contributed by atoms with Crippen LogP contribution in [0.1, 0.15) is 51.6 Å². The highest BCUT2D eigenvalue weighted by Gasteiger charge is 2.45. The summed E-state index contributed by atoms with van der Waals surface area (Å²) in [5.74, 6) is -0.318. The lowest BCUT2D eigenvalue weighted by atomic mass is 10.0. The van der Waals surface area contributed by atoms with Gasteiger partial charge < -0.3 is 48.0 Å². The van der Waals surface area contributed by atoms with Crippen LogP contribution in [0, 0.1) is 0 Å². The number of hydrogen-bond acceptors (Lipinski definition) is 17. The van der Waals surface area contributed by atoms with Crippen LogP contribution in [0.2, 0.25) is 0 Å². The smallest absolute Gasteiger partial charge is 0.264 e. The summed E-state index contributed by atoms with van der Waals surface area (Å²) in [4.78, 5) is 72.9. The second-order valence-corrected chi connectivity index (χ2v) is 16.6. The van der Waals surface area contributed by atoms with Gasteiger partial charge in [-0.1, -0.05) is 18.2 Å². The first-order chi connectivity index (χ1) is 34.4. The second-order valence-electron chi connectivity index (χ2n) is 16.6. The molecule has 2 fully saturated rings. The molecule has 2 saturated heterocycles. The fraction of sp³-hybridized carbons (Fsp3) is 0.469. The zero-order valence-corrected chi connectivity index (χ0v) is 39.1. The van der Waals surface area contributed by atoms with E-state index in [4.69, 9.17) is 37.8 Å². The van der Waals surface area contributed by atoms with Crippen molar-refractivity contribution in [2.75, 3.05) is 122 Å². The third-order valence-electron chi connectivity index (χ3n) is 12.1. The van der Waals surface area contributed by atoms with Gasteiger partial charge >= 0.3 is 0 Å². The lowest BCUT2D eigenvalue weighted by Crippen LogP contribution is -2.54. The van der Waals surface area contributed by atoms with Gasteiger partial charge in [0.2, 0.25) is 17.7 Å². The van der Waals surface area contributed by atoms with E-state index in [-0.39, 0.29) is 29.9 Å². The third-order valence-corrected chi connectivity index (χ3v) is 12.1. The van der Waals surface area contributed by atoms with Crippen LogP contribution in [0.5, 0.6) is 0 Å². The van der Waals surface area contributed by atoms with Crippen LogP contribution in [-0.4, -0.2) is 177 Å². The van der Waals surface area contributed by atoms with Gasteiger partial charge in [-0.15, -0.1) is 10.2 Å². The number of hydrogen-bond donors (Lipinski definition) is 2. The van der Waals surface area contributed by atoms with Gasteiger partial charge in [0.25, 0.3) is 11.8 Å². The lowest BCUT2D eigenvalue weighted by molar-refractivity contribution is -0.136. The Morgan fingerprint density at radius 1 is 0.729 bits per heavy atom. The summed E-state index contributed by atoms with van der Waals surface area (Å²) in [6.07, 6.45) is 7.17. The Morgan fingerprint density at radius 3 is 2.06 bits per heavy atom. The van der Waals surface area contributed by atoms with E-state index < -0.39 is 29.7 Å². The van der Waals surface area contributed by atoms with Gasteiger partial charge in [-0.3, -0.25) is 38.6 Å². The Labute approximate surface area is 404 Å². The summed E-state index contributed by atoms with van der Waals surface area (Å²) in [7, 11) is 0. The van der Waals surface area contributed by atoms with Gasteiger partial charge in [-0.05, 0) is 48.4 Å². The Hall–Kier alpha value is -6.62. The van der Waals surface area contributed by atoms with E-state index in [1.165, 1.54) is 0 Å². The number of amides is 5. The van der Waals surface area contributed by atoms with Crippen LogP contribution >= 0.6 is 0 Å². The van der Waals surface area contributed by atoms with Crippen LogP contribution < -0.4 is 15.5 Å². The van der Waals surface area contributed by atoms with Gasteiger partial charge in [0.05, 0.1) is 103 Å². The Morgan fingerprint density at radius 2 is 1.40 bits per heavy atom. The van der Waals surface area contributed by atoms with E-state index in [0.29, 0.717) is 117 Å². The van der Waals surface area contributed by atoms with E-state index in [9.17, 15) is 24.0 Å². The van der Waals surface area contributed by atoms with Gasteiger partial charge in [0.1, 0.15) is 24.0 Å². The quantitative estimate of drug-likeness (QED) is 0.0542. The van der Waals surface area contributed by atoms with Gasteiger partial charge in [0.15, 0.2) is 5.65 Å². The second kappa shape index (κ2) is 25.3. The molecular formula is C49H59N9O12. The highest BCUT2D eigenvalue weighted by Crippen LogP contribution is 2.32. The molecule has 8 rings (SSSR count). The molecule has 0 radical (unpaired) electrons. The maximum Gasteiger partial charge on any atom is 0.264 e. The number of nitrogens with zero attached hydrogens (tertiary/aromatic N) is 7. The van der Waals surface area contributed by atoms with Crippen molar-refractivity contribution in [3.63, 3.8) is 0 Å². The van der Waals surface area contributed by atoms with Gasteiger partial charge in [0, 0.05) is 75.1 Å². The predicted molar refractivity (Wildman–Crippen MR) is 252 cm³/mol. The minimum Gasteiger partial charge on any atom is -0.469 e. The summed E-state index contributed by atoms with van der Waals surface area (Å²) in [6, 6.07) is 16.1. The topological polar surface area (TPSA) is 231 Å². The highest BCUT2D eigenvalue weighted by atomic mass is 16.6. The van der Waals surface area contributed by atoms with Crippen LogP contribution in [0.15, 0.2) is 77.8 Å². The fourth-order valence-corrected chi connectivity index (χ4v) is 8.45. The molecule has 5 amide bonds. The molecule has 3 aromatic heterocycles. The van der Waals surface area contributed by atoms with E-state index in [1.807, 2.05) is 27.6 Å². The molecule has 2 N–H and O–H groups in total. The Kier molecular flexibility index (Phi) is 18.0. The molecule has 70 heavy (non-hydrogen) atoms. The molecular weight excluding hydrogens is 907 g/mol. The number of carbonyl (C=O) groups is 5. The molecule has 21 heteroatoms. The number of aromatic nitrogens is 4. The molecule has 3 aliphatic heterocycles. The number of benzene rings is 2. The van der Waals surface area contributed by atoms with Crippen molar-refractivity contribution in [3.8, 4) is 11.1 Å². The standard InChI is InChI=1S/C49H59N9O12/c59-43-13-11-41(47(61)53-43)58-48(62)38-4-1-5-40(45(38)49(58)63)50-15-22-65-24-26-67-28-30-69-32-31-68-29-27-66-25-23-64-21-14-44(60)56-18-16-55(17-19-56)36-8-6-35(7-9-36)39-33-51-42(57-34-52-54-46(39)57)12-10-37-3-2-20-70-37/h1-9,20,33-34,41,50H,10-19,21-32H2,(H,53,59,61). The van der Waals surface area contributed by atoms with Crippen LogP contribution in [0.25, 0.3) is 16.8 Å². The van der Waals surface area contributed by atoms with E-state index in [0.717, 1.165) is 58.5 Å². The predicted octanol–water partition coefficient (Wildman–Crippen LogP) is 2.82. The van der Waals surface area contributed by atoms with Crippen molar-refractivity contribution in [2.45, 2.75) is 38.1 Å². The van der Waals surface area contributed by atoms with Gasteiger partial charge in [-0.25, -0.2) is 4.98 Å². The normalized spacial score (nSPS) is 16.1. The van der Waals surface area contributed by atoms with E-state index in [1.54, 1.807) is 30.8 Å². The lowest BCUT2D eigenvalue weighted by Gasteiger charge is -2.36. The summed E-state index contributed by atoms with van der Waals surface area (Å²) < 4.78 is 40.9.